The number of aryl methyl sites for hydroxylation is 1. The number of rotatable bonds is 5. The van der Waals surface area contributed by atoms with Gasteiger partial charge >= 0.3 is 0 Å². The summed E-state index contributed by atoms with van der Waals surface area (Å²) in [5, 5.41) is 0. The fourth-order valence-electron chi connectivity index (χ4n) is 3.25. The van der Waals surface area contributed by atoms with Crippen LogP contribution in [0.5, 0.6) is 0 Å². The molecule has 0 radical (unpaired) electrons. The molecule has 0 aromatic heterocycles. The first-order valence-electron chi connectivity index (χ1n) is 9.33. The minimum Gasteiger partial charge on any atom is -0.379 e. The highest BCUT2D eigenvalue weighted by molar-refractivity contribution is 7.89. The minimum atomic E-state index is -3.65. The molecule has 3 rings (SSSR count). The topological polar surface area (TPSA) is 66.9 Å². The van der Waals surface area contributed by atoms with Crippen LogP contribution in [-0.2, 0) is 14.8 Å². The van der Waals surface area contributed by atoms with Gasteiger partial charge in [0.1, 0.15) is 0 Å². The second-order valence-corrected chi connectivity index (χ2v) is 8.93. The van der Waals surface area contributed by atoms with Crippen molar-refractivity contribution in [3.63, 3.8) is 0 Å². The van der Waals surface area contributed by atoms with Gasteiger partial charge < -0.3 is 9.64 Å². The van der Waals surface area contributed by atoms with E-state index in [2.05, 4.69) is 0 Å². The van der Waals surface area contributed by atoms with Crippen LogP contribution >= 0.6 is 0 Å². The van der Waals surface area contributed by atoms with Crippen molar-refractivity contribution >= 4 is 15.9 Å². The first-order chi connectivity index (χ1) is 13.3. The Morgan fingerprint density at radius 2 is 1.75 bits per heavy atom. The van der Waals surface area contributed by atoms with Gasteiger partial charge in [0.05, 0.1) is 24.2 Å². The van der Waals surface area contributed by atoms with Gasteiger partial charge in [0.2, 0.25) is 10.0 Å². The summed E-state index contributed by atoms with van der Waals surface area (Å²) in [6, 6.07) is 14.4. The largest absolute Gasteiger partial charge is 0.379 e. The second kappa shape index (κ2) is 8.43. The van der Waals surface area contributed by atoms with E-state index in [1.165, 1.54) is 10.4 Å². The Morgan fingerprint density at radius 3 is 2.39 bits per heavy atom. The van der Waals surface area contributed by atoms with Gasteiger partial charge in [-0.3, -0.25) is 4.79 Å². The molecule has 28 heavy (non-hydrogen) atoms. The zero-order valence-corrected chi connectivity index (χ0v) is 17.3. The summed E-state index contributed by atoms with van der Waals surface area (Å²) in [6.07, 6.45) is 0. The number of hydrogen-bond acceptors (Lipinski definition) is 4. The van der Waals surface area contributed by atoms with E-state index >= 15 is 0 Å². The first-order valence-corrected chi connectivity index (χ1v) is 10.8. The zero-order chi connectivity index (χ0) is 20.3. The number of nitrogens with zero attached hydrogens (tertiary/aromatic N) is 2. The Morgan fingerprint density at radius 1 is 1.11 bits per heavy atom. The standard InChI is InChI=1S/C21H26N2O4S/c1-16-9-10-19(28(25,26)23-11-13-27-14-12-23)15-20(16)21(24)22(3)17(2)18-7-5-4-6-8-18/h4-10,15,17H,11-14H2,1-3H3. The van der Waals surface area contributed by atoms with Gasteiger partial charge in [-0.05, 0) is 37.1 Å². The van der Waals surface area contributed by atoms with E-state index in [4.69, 9.17) is 4.74 Å². The van der Waals surface area contributed by atoms with Crippen LogP contribution in [0.3, 0.4) is 0 Å². The van der Waals surface area contributed by atoms with Crippen molar-refractivity contribution in [1.82, 2.24) is 9.21 Å². The van der Waals surface area contributed by atoms with E-state index in [1.54, 1.807) is 24.1 Å². The Labute approximate surface area is 166 Å². The molecule has 0 N–H and O–H groups in total. The van der Waals surface area contributed by atoms with E-state index in [1.807, 2.05) is 44.2 Å². The molecule has 1 heterocycles. The summed E-state index contributed by atoms with van der Waals surface area (Å²) in [5.41, 5.74) is 2.17. The van der Waals surface area contributed by atoms with E-state index in [0.717, 1.165) is 11.1 Å². The molecule has 2 aromatic carbocycles. The van der Waals surface area contributed by atoms with Gasteiger partial charge in [0, 0.05) is 25.7 Å². The van der Waals surface area contributed by atoms with Crippen LogP contribution in [0.25, 0.3) is 0 Å². The molecule has 0 aliphatic carbocycles. The molecule has 6 nitrogen and oxygen atoms in total. The summed E-state index contributed by atoms with van der Waals surface area (Å²) >= 11 is 0. The maximum absolute atomic E-state index is 13.1. The Hall–Kier alpha value is -2.22. The molecule has 1 unspecified atom stereocenters. The van der Waals surface area contributed by atoms with E-state index in [0.29, 0.717) is 31.9 Å². The van der Waals surface area contributed by atoms with Crippen LogP contribution in [0.4, 0.5) is 0 Å². The molecule has 1 aliphatic rings. The average molecular weight is 403 g/mol. The Balaban J connectivity index is 1.89. The number of carbonyl (C=O) groups is 1. The molecule has 0 saturated carbocycles. The van der Waals surface area contributed by atoms with Gasteiger partial charge in [-0.2, -0.15) is 4.31 Å². The number of benzene rings is 2. The molecule has 1 fully saturated rings. The van der Waals surface area contributed by atoms with E-state index in [9.17, 15) is 13.2 Å². The van der Waals surface area contributed by atoms with Crippen molar-refractivity contribution in [2.24, 2.45) is 0 Å². The third-order valence-electron chi connectivity index (χ3n) is 5.23. The highest BCUT2D eigenvalue weighted by Crippen LogP contribution is 2.25. The van der Waals surface area contributed by atoms with Crippen molar-refractivity contribution in [1.29, 1.82) is 0 Å². The summed E-state index contributed by atoms with van der Waals surface area (Å²) in [5.74, 6) is -0.201. The first kappa shape index (κ1) is 20.5. The average Bonchev–Trinajstić information content (AvgIpc) is 2.73. The number of hydrogen-bond donors (Lipinski definition) is 0. The predicted molar refractivity (Wildman–Crippen MR) is 108 cm³/mol. The molecule has 1 amide bonds. The number of carbonyl (C=O) groups excluding carboxylic acids is 1. The van der Waals surface area contributed by atoms with Crippen LogP contribution in [0.15, 0.2) is 53.4 Å². The number of amides is 1. The van der Waals surface area contributed by atoms with Crippen LogP contribution < -0.4 is 0 Å². The molecule has 1 atom stereocenters. The number of sulfonamides is 1. The van der Waals surface area contributed by atoms with Crippen molar-refractivity contribution < 1.29 is 17.9 Å². The van der Waals surface area contributed by atoms with Crippen molar-refractivity contribution in [3.05, 3.63) is 65.2 Å². The normalized spacial score (nSPS) is 16.5. The highest BCUT2D eigenvalue weighted by atomic mass is 32.2. The molecule has 7 heteroatoms. The summed E-state index contributed by atoms with van der Waals surface area (Å²) in [7, 11) is -1.91. The lowest BCUT2D eigenvalue weighted by Crippen LogP contribution is -2.40. The molecule has 1 saturated heterocycles. The molecule has 1 aliphatic heterocycles. The molecule has 150 valence electrons. The molecule has 0 bridgehead atoms. The second-order valence-electron chi connectivity index (χ2n) is 7.00. The van der Waals surface area contributed by atoms with Crippen LogP contribution in [0.1, 0.15) is 34.5 Å². The lowest BCUT2D eigenvalue weighted by Gasteiger charge is -2.28. The van der Waals surface area contributed by atoms with Gasteiger partial charge in [-0.1, -0.05) is 36.4 Å². The quantitative estimate of drug-likeness (QED) is 0.771. The smallest absolute Gasteiger partial charge is 0.254 e. The molecule has 0 spiro atoms. The van der Waals surface area contributed by atoms with E-state index in [-0.39, 0.29) is 16.8 Å². The zero-order valence-electron chi connectivity index (χ0n) is 16.5. The van der Waals surface area contributed by atoms with Crippen molar-refractivity contribution in [2.45, 2.75) is 24.8 Å². The van der Waals surface area contributed by atoms with Crippen LogP contribution in [0, 0.1) is 6.92 Å². The summed E-state index contributed by atoms with van der Waals surface area (Å²) in [4.78, 5) is 14.9. The van der Waals surface area contributed by atoms with Gasteiger partial charge in [0.15, 0.2) is 0 Å². The SMILES string of the molecule is Cc1ccc(S(=O)(=O)N2CCOCC2)cc1C(=O)N(C)C(C)c1ccccc1. The Kier molecular flexibility index (Phi) is 6.17. The van der Waals surface area contributed by atoms with Crippen molar-refractivity contribution in [2.75, 3.05) is 33.4 Å². The predicted octanol–water partition coefficient (Wildman–Crippen LogP) is 2.85. The summed E-state index contributed by atoms with van der Waals surface area (Å²) in [6.45, 7) is 5.19. The van der Waals surface area contributed by atoms with Gasteiger partial charge in [-0.25, -0.2) is 8.42 Å². The van der Waals surface area contributed by atoms with E-state index < -0.39 is 10.0 Å². The third-order valence-corrected chi connectivity index (χ3v) is 7.13. The van der Waals surface area contributed by atoms with Crippen LogP contribution in [0.2, 0.25) is 0 Å². The van der Waals surface area contributed by atoms with Gasteiger partial charge in [-0.15, -0.1) is 0 Å². The van der Waals surface area contributed by atoms with Crippen LogP contribution in [-0.4, -0.2) is 56.9 Å². The molecular weight excluding hydrogens is 376 g/mol. The summed E-state index contributed by atoms with van der Waals surface area (Å²) < 4.78 is 32.5. The lowest BCUT2D eigenvalue weighted by molar-refractivity contribution is 0.0728. The van der Waals surface area contributed by atoms with Crippen molar-refractivity contribution in [3.8, 4) is 0 Å². The lowest BCUT2D eigenvalue weighted by atomic mass is 10.0. The number of ether oxygens (including phenoxy) is 1. The number of morpholine rings is 1. The monoisotopic (exact) mass is 402 g/mol. The highest BCUT2D eigenvalue weighted by Gasteiger charge is 2.28. The molecular formula is C21H26N2O4S. The fourth-order valence-corrected chi connectivity index (χ4v) is 4.68. The fraction of sp³-hybridized carbons (Fsp3) is 0.381. The Bertz CT molecular complexity index is 938. The maximum Gasteiger partial charge on any atom is 0.254 e. The minimum absolute atomic E-state index is 0.132. The molecule has 2 aromatic rings. The van der Waals surface area contributed by atoms with Gasteiger partial charge in [0.25, 0.3) is 5.91 Å². The maximum atomic E-state index is 13.1. The third kappa shape index (κ3) is 4.11.